The highest BCUT2D eigenvalue weighted by molar-refractivity contribution is 5.92. The second-order valence-electron chi connectivity index (χ2n) is 5.33. The molecule has 0 radical (unpaired) electrons. The molecule has 1 amide bonds. The number of anilines is 1. The van der Waals surface area contributed by atoms with Crippen LogP contribution in [0, 0.1) is 0 Å². The lowest BCUT2D eigenvalue weighted by Gasteiger charge is -2.12. The van der Waals surface area contributed by atoms with Crippen LogP contribution in [0.25, 0.3) is 11.0 Å². The fourth-order valence-electron chi connectivity index (χ4n) is 2.28. The molecular weight excluding hydrogens is 292 g/mol. The average Bonchev–Trinajstić information content (AvgIpc) is 2.96. The molecule has 0 aliphatic carbocycles. The quantitative estimate of drug-likeness (QED) is 0.641. The number of H-pyrrole nitrogens is 1. The van der Waals surface area contributed by atoms with Gasteiger partial charge in [0, 0.05) is 31.1 Å². The number of fused-ring (bicyclic) bond motifs is 1. The number of amides is 1. The summed E-state index contributed by atoms with van der Waals surface area (Å²) in [6.07, 6.45) is 5.75. The van der Waals surface area contributed by atoms with E-state index >= 15 is 0 Å². The number of hydrogen-bond acceptors (Lipinski definition) is 5. The topological polar surface area (TPSA) is 95.6 Å². The summed E-state index contributed by atoms with van der Waals surface area (Å²) in [7, 11) is 0. The van der Waals surface area contributed by atoms with E-state index in [-0.39, 0.29) is 18.5 Å². The van der Waals surface area contributed by atoms with Gasteiger partial charge in [0.05, 0.1) is 23.3 Å². The first kappa shape index (κ1) is 15.1. The minimum absolute atomic E-state index is 0.119. The van der Waals surface area contributed by atoms with Gasteiger partial charge in [-0.2, -0.15) is 0 Å². The predicted molar refractivity (Wildman–Crippen MR) is 87.9 cm³/mol. The Balaban J connectivity index is 1.49. The minimum Gasteiger partial charge on any atom is -0.324 e. The lowest BCUT2D eigenvalue weighted by atomic mass is 10.2. The lowest BCUT2D eigenvalue weighted by Crippen LogP contribution is -2.35. The van der Waals surface area contributed by atoms with Crippen molar-refractivity contribution in [1.82, 2.24) is 25.3 Å². The number of aromatic amines is 1. The fourth-order valence-corrected chi connectivity index (χ4v) is 2.28. The summed E-state index contributed by atoms with van der Waals surface area (Å²) in [5, 5.41) is 5.92. The van der Waals surface area contributed by atoms with Crippen LogP contribution in [0.1, 0.15) is 12.6 Å². The third-order valence-electron chi connectivity index (χ3n) is 3.39. The van der Waals surface area contributed by atoms with Gasteiger partial charge >= 0.3 is 0 Å². The molecule has 0 saturated heterocycles. The van der Waals surface area contributed by atoms with Gasteiger partial charge in [0.2, 0.25) is 11.9 Å². The number of hydrogen-bond donors (Lipinski definition) is 3. The second-order valence-corrected chi connectivity index (χ2v) is 5.33. The first-order chi connectivity index (χ1) is 11.2. The maximum Gasteiger partial charge on any atom is 0.240 e. The van der Waals surface area contributed by atoms with E-state index in [1.807, 2.05) is 31.2 Å². The maximum atomic E-state index is 12.0. The largest absolute Gasteiger partial charge is 0.324 e. The Morgan fingerprint density at radius 1 is 1.30 bits per heavy atom. The van der Waals surface area contributed by atoms with Gasteiger partial charge in [-0.05, 0) is 19.1 Å². The van der Waals surface area contributed by atoms with Gasteiger partial charge in [0.1, 0.15) is 0 Å². The van der Waals surface area contributed by atoms with Crippen molar-refractivity contribution in [2.45, 2.75) is 19.4 Å². The first-order valence-electron chi connectivity index (χ1n) is 7.43. The monoisotopic (exact) mass is 310 g/mol. The summed E-state index contributed by atoms with van der Waals surface area (Å²) in [5.74, 6) is 0.314. The number of imidazole rings is 1. The van der Waals surface area contributed by atoms with E-state index in [0.29, 0.717) is 12.4 Å². The SMILES string of the molecule is C[C@H](Cc1cnccn1)NCC(=O)Nc1nc2ccccc2[nH]1. The van der Waals surface area contributed by atoms with Crippen LogP contribution < -0.4 is 10.6 Å². The molecule has 0 spiro atoms. The third-order valence-corrected chi connectivity index (χ3v) is 3.39. The smallest absolute Gasteiger partial charge is 0.240 e. The Kier molecular flexibility index (Phi) is 4.58. The summed E-state index contributed by atoms with van der Waals surface area (Å²) in [6, 6.07) is 7.75. The summed E-state index contributed by atoms with van der Waals surface area (Å²) in [5.41, 5.74) is 2.61. The summed E-state index contributed by atoms with van der Waals surface area (Å²) in [4.78, 5) is 27.6. The molecule has 3 N–H and O–H groups in total. The highest BCUT2D eigenvalue weighted by Crippen LogP contribution is 2.12. The van der Waals surface area contributed by atoms with E-state index < -0.39 is 0 Å². The van der Waals surface area contributed by atoms with Crippen LogP contribution in [-0.4, -0.2) is 38.4 Å². The molecule has 118 valence electrons. The van der Waals surface area contributed by atoms with E-state index in [1.165, 1.54) is 0 Å². The Bertz CT molecular complexity index is 752. The van der Waals surface area contributed by atoms with Crippen molar-refractivity contribution < 1.29 is 4.79 Å². The van der Waals surface area contributed by atoms with Crippen LogP contribution in [0.4, 0.5) is 5.95 Å². The van der Waals surface area contributed by atoms with E-state index in [0.717, 1.165) is 16.7 Å². The molecule has 0 saturated carbocycles. The van der Waals surface area contributed by atoms with Crippen LogP contribution >= 0.6 is 0 Å². The Morgan fingerprint density at radius 3 is 2.96 bits per heavy atom. The molecule has 2 aromatic heterocycles. The van der Waals surface area contributed by atoms with Gasteiger partial charge in [-0.1, -0.05) is 12.1 Å². The number of carbonyl (C=O) groups excluding carboxylic acids is 1. The molecule has 0 bridgehead atoms. The predicted octanol–water partition coefficient (Wildman–Crippen LogP) is 1.51. The van der Waals surface area contributed by atoms with Gasteiger partial charge in [0.15, 0.2) is 0 Å². The van der Waals surface area contributed by atoms with Crippen LogP contribution in [-0.2, 0) is 11.2 Å². The number of rotatable bonds is 6. The number of nitrogens with one attached hydrogen (secondary N) is 3. The Hall–Kier alpha value is -2.80. The molecule has 0 aliphatic rings. The first-order valence-corrected chi connectivity index (χ1v) is 7.43. The van der Waals surface area contributed by atoms with Crippen molar-refractivity contribution in [2.24, 2.45) is 0 Å². The van der Waals surface area contributed by atoms with E-state index in [2.05, 4.69) is 30.6 Å². The fraction of sp³-hybridized carbons (Fsp3) is 0.250. The van der Waals surface area contributed by atoms with Crippen LogP contribution in [0.15, 0.2) is 42.9 Å². The summed E-state index contributed by atoms with van der Waals surface area (Å²) < 4.78 is 0. The van der Waals surface area contributed by atoms with Gasteiger partial charge in [-0.25, -0.2) is 4.98 Å². The molecule has 7 heteroatoms. The normalized spacial score (nSPS) is 12.2. The molecule has 23 heavy (non-hydrogen) atoms. The molecule has 7 nitrogen and oxygen atoms in total. The molecule has 0 fully saturated rings. The number of nitrogens with zero attached hydrogens (tertiary/aromatic N) is 3. The molecule has 1 atom stereocenters. The van der Waals surface area contributed by atoms with Crippen LogP contribution in [0.2, 0.25) is 0 Å². The van der Waals surface area contributed by atoms with Gasteiger partial charge in [-0.15, -0.1) is 0 Å². The van der Waals surface area contributed by atoms with Crippen molar-refractivity contribution >= 4 is 22.9 Å². The number of benzene rings is 1. The number of para-hydroxylation sites is 2. The standard InChI is InChI=1S/C16H18N6O/c1-11(8-12-9-17-6-7-18-12)19-10-15(23)22-16-20-13-4-2-3-5-14(13)21-16/h2-7,9,11,19H,8,10H2,1H3,(H2,20,21,22,23)/t11-/m1/s1. The molecule has 3 rings (SSSR count). The summed E-state index contributed by atoms with van der Waals surface area (Å²) in [6.45, 7) is 2.21. The van der Waals surface area contributed by atoms with Gasteiger partial charge in [-0.3, -0.25) is 20.1 Å². The van der Waals surface area contributed by atoms with Gasteiger partial charge in [0.25, 0.3) is 0 Å². The van der Waals surface area contributed by atoms with Crippen molar-refractivity contribution in [1.29, 1.82) is 0 Å². The van der Waals surface area contributed by atoms with E-state index in [9.17, 15) is 4.79 Å². The second kappa shape index (κ2) is 6.97. The lowest BCUT2D eigenvalue weighted by molar-refractivity contribution is -0.115. The third kappa shape index (κ3) is 4.10. The highest BCUT2D eigenvalue weighted by atomic mass is 16.2. The molecule has 3 aromatic rings. The van der Waals surface area contributed by atoms with Crippen LogP contribution in [0.5, 0.6) is 0 Å². The zero-order valence-electron chi connectivity index (χ0n) is 12.8. The highest BCUT2D eigenvalue weighted by Gasteiger charge is 2.09. The molecule has 2 heterocycles. The van der Waals surface area contributed by atoms with Crippen molar-refractivity contribution in [3.05, 3.63) is 48.5 Å². The minimum atomic E-state index is -0.143. The molecule has 0 unspecified atom stereocenters. The van der Waals surface area contributed by atoms with E-state index in [4.69, 9.17) is 0 Å². The Labute approximate surface area is 133 Å². The maximum absolute atomic E-state index is 12.0. The molecule has 0 aliphatic heterocycles. The average molecular weight is 310 g/mol. The van der Waals surface area contributed by atoms with Crippen molar-refractivity contribution in [2.75, 3.05) is 11.9 Å². The van der Waals surface area contributed by atoms with Gasteiger partial charge < -0.3 is 10.3 Å². The van der Waals surface area contributed by atoms with E-state index in [1.54, 1.807) is 18.6 Å². The molecular formula is C16H18N6O. The van der Waals surface area contributed by atoms with Crippen molar-refractivity contribution in [3.63, 3.8) is 0 Å². The molecule has 1 aromatic carbocycles. The zero-order chi connectivity index (χ0) is 16.1. The van der Waals surface area contributed by atoms with Crippen LogP contribution in [0.3, 0.4) is 0 Å². The van der Waals surface area contributed by atoms with Crippen molar-refractivity contribution in [3.8, 4) is 0 Å². The zero-order valence-corrected chi connectivity index (χ0v) is 12.8. The summed E-state index contributed by atoms with van der Waals surface area (Å²) >= 11 is 0. The number of aromatic nitrogens is 4. The number of carbonyl (C=O) groups is 1. The Morgan fingerprint density at radius 2 is 2.17 bits per heavy atom.